The van der Waals surface area contributed by atoms with E-state index in [0.717, 1.165) is 30.7 Å². The molecule has 0 aliphatic carbocycles. The van der Waals surface area contributed by atoms with Crippen LogP contribution in [0.15, 0.2) is 42.7 Å². The van der Waals surface area contributed by atoms with Gasteiger partial charge in [0.2, 0.25) is 5.91 Å². The minimum atomic E-state index is -0.583. The second kappa shape index (κ2) is 11.8. The fourth-order valence-corrected chi connectivity index (χ4v) is 5.36. The zero-order valence-electron chi connectivity index (χ0n) is 22.1. The number of H-pyrrole nitrogens is 1. The molecule has 2 heterocycles. The Bertz CT molecular complexity index is 935. The van der Waals surface area contributed by atoms with E-state index in [9.17, 15) is 9.59 Å². The highest BCUT2D eigenvalue weighted by atomic mass is 16.6. The number of benzene rings is 1. The number of hydrogen-bond acceptors (Lipinski definition) is 5. The van der Waals surface area contributed by atoms with Crippen molar-refractivity contribution in [2.45, 2.75) is 103 Å². The van der Waals surface area contributed by atoms with Crippen molar-refractivity contribution in [2.75, 3.05) is 0 Å². The number of amides is 1. The van der Waals surface area contributed by atoms with Crippen LogP contribution in [0.25, 0.3) is 0 Å². The van der Waals surface area contributed by atoms with Crippen molar-refractivity contribution in [1.29, 1.82) is 0 Å². The third-order valence-electron chi connectivity index (χ3n) is 6.97. The number of nitrogens with one attached hydrogen (secondary N) is 2. The van der Waals surface area contributed by atoms with Crippen molar-refractivity contribution in [3.63, 3.8) is 0 Å². The Morgan fingerprint density at radius 2 is 1.89 bits per heavy atom. The maximum absolute atomic E-state index is 13.5. The number of carbonyl (C=O) groups excluding carboxylic acids is 2. The monoisotopic (exact) mass is 482 g/mol. The van der Waals surface area contributed by atoms with Crippen molar-refractivity contribution in [3.05, 3.63) is 54.1 Å². The number of rotatable bonds is 10. The van der Waals surface area contributed by atoms with Crippen LogP contribution in [0, 0.1) is 5.92 Å². The Balaban J connectivity index is 2.07. The molecule has 1 saturated heterocycles. The van der Waals surface area contributed by atoms with E-state index in [4.69, 9.17) is 4.74 Å². The number of imidazole rings is 1. The lowest BCUT2D eigenvalue weighted by Crippen LogP contribution is -2.54. The minimum Gasteiger partial charge on any atom is -0.459 e. The number of ether oxygens (including phenoxy) is 1. The quantitative estimate of drug-likeness (QED) is 0.475. The van der Waals surface area contributed by atoms with Crippen LogP contribution in [0.5, 0.6) is 0 Å². The topological polar surface area (TPSA) is 87.3 Å². The summed E-state index contributed by atoms with van der Waals surface area (Å²) in [5, 5.41) is 3.26. The molecule has 1 aromatic carbocycles. The molecular weight excluding hydrogens is 440 g/mol. The Kier molecular flexibility index (Phi) is 9.11. The van der Waals surface area contributed by atoms with Crippen LogP contribution in [0.1, 0.15) is 84.5 Å². The number of aromatic amines is 1. The average Bonchev–Trinajstić information content (AvgIpc) is 3.44. The van der Waals surface area contributed by atoms with Gasteiger partial charge in [-0.25, -0.2) is 4.98 Å². The normalized spacial score (nSPS) is 21.7. The molecular formula is C28H42N4O3. The average molecular weight is 483 g/mol. The first-order chi connectivity index (χ1) is 16.6. The van der Waals surface area contributed by atoms with E-state index in [0.29, 0.717) is 18.9 Å². The summed E-state index contributed by atoms with van der Waals surface area (Å²) in [7, 11) is 0. The molecule has 1 fully saturated rings. The second-order valence-corrected chi connectivity index (χ2v) is 10.7. The number of esters is 1. The highest BCUT2D eigenvalue weighted by Crippen LogP contribution is 2.41. The van der Waals surface area contributed by atoms with Crippen molar-refractivity contribution in [1.82, 2.24) is 20.2 Å². The van der Waals surface area contributed by atoms with Crippen LogP contribution in [-0.2, 0) is 20.9 Å². The Morgan fingerprint density at radius 1 is 1.20 bits per heavy atom. The van der Waals surface area contributed by atoms with Gasteiger partial charge in [-0.2, -0.15) is 0 Å². The molecule has 2 aromatic rings. The zero-order valence-corrected chi connectivity index (χ0v) is 22.1. The summed E-state index contributed by atoms with van der Waals surface area (Å²) in [6, 6.07) is 9.52. The Hall–Kier alpha value is -2.67. The molecule has 35 heavy (non-hydrogen) atoms. The molecule has 0 radical (unpaired) electrons. The van der Waals surface area contributed by atoms with Crippen LogP contribution >= 0.6 is 0 Å². The lowest BCUT2D eigenvalue weighted by molar-refractivity contribution is -0.161. The highest BCUT2D eigenvalue weighted by molar-refractivity contribution is 5.77. The maximum atomic E-state index is 13.5. The summed E-state index contributed by atoms with van der Waals surface area (Å²) in [6.07, 6.45) is 7.09. The van der Waals surface area contributed by atoms with Crippen molar-refractivity contribution in [3.8, 4) is 0 Å². The fourth-order valence-electron chi connectivity index (χ4n) is 5.36. The van der Waals surface area contributed by atoms with Gasteiger partial charge in [0, 0.05) is 43.9 Å². The molecule has 0 spiro atoms. The van der Waals surface area contributed by atoms with Crippen LogP contribution in [0.2, 0.25) is 0 Å². The zero-order chi connectivity index (χ0) is 25.6. The molecule has 3 rings (SSSR count). The van der Waals surface area contributed by atoms with Gasteiger partial charge in [0.15, 0.2) is 0 Å². The summed E-state index contributed by atoms with van der Waals surface area (Å²) in [4.78, 5) is 36.0. The molecule has 7 nitrogen and oxygen atoms in total. The third-order valence-corrected chi connectivity index (χ3v) is 6.97. The SMILES string of the molecule is CCC(CC)C[C@H](NC(C)=O)[C@H]1[C@H](c2ncc[nH]2)CC(C(=O)OC(C)(C)C)N1Cc1ccccc1. The number of hydrogen-bond donors (Lipinski definition) is 2. The van der Waals surface area contributed by atoms with Crippen molar-refractivity contribution in [2.24, 2.45) is 5.92 Å². The van der Waals surface area contributed by atoms with Crippen molar-refractivity contribution >= 4 is 11.9 Å². The van der Waals surface area contributed by atoms with E-state index in [1.54, 1.807) is 13.1 Å². The first-order valence-corrected chi connectivity index (χ1v) is 12.9. The Morgan fingerprint density at radius 3 is 2.43 bits per heavy atom. The summed E-state index contributed by atoms with van der Waals surface area (Å²) in [6.45, 7) is 12.3. The first-order valence-electron chi connectivity index (χ1n) is 12.9. The van der Waals surface area contributed by atoms with Crippen LogP contribution in [0.3, 0.4) is 0 Å². The van der Waals surface area contributed by atoms with Crippen LogP contribution < -0.4 is 5.32 Å². The minimum absolute atomic E-state index is 0.0440. The van der Waals surface area contributed by atoms with Crippen LogP contribution in [-0.4, -0.2) is 50.5 Å². The van der Waals surface area contributed by atoms with Gasteiger partial charge in [-0.1, -0.05) is 57.0 Å². The van der Waals surface area contributed by atoms with Gasteiger partial charge in [0.05, 0.1) is 0 Å². The molecule has 1 aromatic heterocycles. The largest absolute Gasteiger partial charge is 0.459 e. The van der Waals surface area contributed by atoms with Gasteiger partial charge >= 0.3 is 5.97 Å². The number of carbonyl (C=O) groups is 2. The first kappa shape index (κ1) is 26.9. The standard InChI is InChI=1S/C28H42N4O3/c1-7-20(8-2)16-23(31-19(3)33)25-22(26-29-14-15-30-26)17-24(27(34)35-28(4,5)6)32(25)18-21-12-10-9-11-13-21/h9-15,20,22-25H,7-8,16-18H2,1-6H3,(H,29,30)(H,31,33)/t22-,23+,24?,25-/m1/s1. The summed E-state index contributed by atoms with van der Waals surface area (Å²) < 4.78 is 5.89. The Labute approximate surface area is 210 Å². The van der Waals surface area contributed by atoms with Gasteiger partial charge < -0.3 is 15.0 Å². The predicted molar refractivity (Wildman–Crippen MR) is 138 cm³/mol. The van der Waals surface area contributed by atoms with Gasteiger partial charge in [0.25, 0.3) is 0 Å². The summed E-state index contributed by atoms with van der Waals surface area (Å²) >= 11 is 0. The number of nitrogens with zero attached hydrogens (tertiary/aromatic N) is 2. The maximum Gasteiger partial charge on any atom is 0.323 e. The summed E-state index contributed by atoms with van der Waals surface area (Å²) in [5.74, 6) is 0.996. The molecule has 4 atom stereocenters. The van der Waals surface area contributed by atoms with Gasteiger partial charge in [-0.15, -0.1) is 0 Å². The van der Waals surface area contributed by atoms with Gasteiger partial charge in [-0.05, 0) is 45.1 Å². The van der Waals surface area contributed by atoms with E-state index in [-0.39, 0.29) is 29.9 Å². The van der Waals surface area contributed by atoms with E-state index >= 15 is 0 Å². The molecule has 0 saturated carbocycles. The van der Waals surface area contributed by atoms with Crippen LogP contribution in [0.4, 0.5) is 0 Å². The molecule has 2 N–H and O–H groups in total. The molecule has 7 heteroatoms. The molecule has 1 aliphatic rings. The smallest absolute Gasteiger partial charge is 0.323 e. The van der Waals surface area contributed by atoms with E-state index in [2.05, 4.69) is 46.2 Å². The second-order valence-electron chi connectivity index (χ2n) is 10.7. The lowest BCUT2D eigenvalue weighted by Gasteiger charge is -2.38. The number of likely N-dealkylation sites (tertiary alicyclic amines) is 1. The predicted octanol–water partition coefficient (Wildman–Crippen LogP) is 4.81. The lowest BCUT2D eigenvalue weighted by atomic mass is 9.85. The molecule has 1 unspecified atom stereocenters. The van der Waals surface area contributed by atoms with Gasteiger partial charge in [-0.3, -0.25) is 14.5 Å². The van der Waals surface area contributed by atoms with E-state index in [1.165, 1.54) is 0 Å². The van der Waals surface area contributed by atoms with Gasteiger partial charge in [0.1, 0.15) is 17.5 Å². The highest BCUT2D eigenvalue weighted by Gasteiger charge is 2.50. The third kappa shape index (κ3) is 7.17. The van der Waals surface area contributed by atoms with Crippen molar-refractivity contribution < 1.29 is 14.3 Å². The number of aromatic nitrogens is 2. The van der Waals surface area contributed by atoms with E-state index in [1.807, 2.05) is 45.2 Å². The summed E-state index contributed by atoms with van der Waals surface area (Å²) in [5.41, 5.74) is 0.538. The van der Waals surface area contributed by atoms with E-state index < -0.39 is 11.6 Å². The molecule has 192 valence electrons. The molecule has 0 bridgehead atoms. The fraction of sp³-hybridized carbons (Fsp3) is 0.607. The molecule has 1 aliphatic heterocycles. The molecule has 1 amide bonds.